The largest absolute Gasteiger partial charge is 0.352 e. The van der Waals surface area contributed by atoms with E-state index in [0.29, 0.717) is 13.1 Å². The summed E-state index contributed by atoms with van der Waals surface area (Å²) < 4.78 is 27.3. The molecular formula is C17H25F2N3O. The molecule has 4 nitrogen and oxygen atoms in total. The maximum Gasteiger partial charge on any atom is 0.234 e. The van der Waals surface area contributed by atoms with Crippen molar-refractivity contribution in [1.29, 1.82) is 0 Å². The van der Waals surface area contributed by atoms with Crippen molar-refractivity contribution in [2.75, 3.05) is 26.2 Å². The van der Waals surface area contributed by atoms with E-state index in [2.05, 4.69) is 17.1 Å². The summed E-state index contributed by atoms with van der Waals surface area (Å²) >= 11 is 0. The van der Waals surface area contributed by atoms with Crippen molar-refractivity contribution < 1.29 is 13.6 Å². The molecule has 1 aromatic carbocycles. The number of hydrogen-bond acceptors (Lipinski definition) is 3. The Morgan fingerprint density at radius 3 is 2.65 bits per heavy atom. The molecular weight excluding hydrogens is 300 g/mol. The number of hydrogen-bond donors (Lipinski definition) is 2. The van der Waals surface area contributed by atoms with Crippen molar-refractivity contribution in [2.24, 2.45) is 11.1 Å². The molecule has 1 aromatic rings. The third-order valence-electron chi connectivity index (χ3n) is 4.48. The Kier molecular flexibility index (Phi) is 5.70. The number of carbonyl (C=O) groups excluding carboxylic acids is 1. The molecule has 2 rings (SSSR count). The van der Waals surface area contributed by atoms with Crippen LogP contribution in [0.4, 0.5) is 8.78 Å². The Morgan fingerprint density at radius 2 is 2.09 bits per heavy atom. The van der Waals surface area contributed by atoms with E-state index in [1.807, 2.05) is 0 Å². The van der Waals surface area contributed by atoms with Crippen LogP contribution < -0.4 is 11.1 Å². The van der Waals surface area contributed by atoms with Crippen LogP contribution in [0, 0.1) is 17.0 Å². The van der Waals surface area contributed by atoms with E-state index in [9.17, 15) is 13.6 Å². The molecule has 1 aliphatic rings. The van der Waals surface area contributed by atoms with Crippen molar-refractivity contribution in [2.45, 2.75) is 32.7 Å². The lowest BCUT2D eigenvalue weighted by molar-refractivity contribution is -0.122. The maximum absolute atomic E-state index is 13.6. The van der Waals surface area contributed by atoms with Crippen LogP contribution in [-0.2, 0) is 11.2 Å². The van der Waals surface area contributed by atoms with Gasteiger partial charge in [-0.2, -0.15) is 0 Å². The first-order chi connectivity index (χ1) is 10.8. The van der Waals surface area contributed by atoms with E-state index in [1.54, 1.807) is 6.92 Å². The van der Waals surface area contributed by atoms with E-state index in [0.717, 1.165) is 19.5 Å². The first-order valence-corrected chi connectivity index (χ1v) is 7.98. The highest BCUT2D eigenvalue weighted by molar-refractivity contribution is 5.78. The Balaban J connectivity index is 1.84. The van der Waals surface area contributed by atoms with Crippen LogP contribution in [-0.4, -0.2) is 43.0 Å². The number of rotatable bonds is 6. The average Bonchev–Trinajstić information content (AvgIpc) is 2.85. The van der Waals surface area contributed by atoms with Gasteiger partial charge in [-0.3, -0.25) is 9.69 Å². The molecule has 2 unspecified atom stereocenters. The molecule has 23 heavy (non-hydrogen) atoms. The smallest absolute Gasteiger partial charge is 0.234 e. The zero-order valence-corrected chi connectivity index (χ0v) is 13.7. The van der Waals surface area contributed by atoms with Crippen LogP contribution in [0.15, 0.2) is 18.2 Å². The zero-order valence-electron chi connectivity index (χ0n) is 13.7. The third-order valence-corrected chi connectivity index (χ3v) is 4.48. The van der Waals surface area contributed by atoms with E-state index in [4.69, 9.17) is 5.73 Å². The van der Waals surface area contributed by atoms with Gasteiger partial charge in [-0.1, -0.05) is 13.0 Å². The van der Waals surface area contributed by atoms with Crippen LogP contribution in [0.2, 0.25) is 0 Å². The molecule has 1 saturated heterocycles. The van der Waals surface area contributed by atoms with Crippen LogP contribution in [0.3, 0.4) is 0 Å². The fraction of sp³-hybridized carbons (Fsp3) is 0.588. The molecule has 0 bridgehead atoms. The second-order valence-corrected chi connectivity index (χ2v) is 6.85. The van der Waals surface area contributed by atoms with Gasteiger partial charge in [-0.15, -0.1) is 0 Å². The van der Waals surface area contributed by atoms with E-state index >= 15 is 0 Å². The molecule has 1 amide bonds. The van der Waals surface area contributed by atoms with Gasteiger partial charge in [0.05, 0.1) is 6.54 Å². The first kappa shape index (κ1) is 17.8. The predicted molar refractivity (Wildman–Crippen MR) is 85.9 cm³/mol. The van der Waals surface area contributed by atoms with Gasteiger partial charge < -0.3 is 11.1 Å². The molecule has 0 spiro atoms. The quantitative estimate of drug-likeness (QED) is 0.837. The number of carbonyl (C=O) groups is 1. The third kappa shape index (κ3) is 4.72. The summed E-state index contributed by atoms with van der Waals surface area (Å²) in [5.74, 6) is -1.29. The highest BCUT2D eigenvalue weighted by Crippen LogP contribution is 2.27. The van der Waals surface area contributed by atoms with Gasteiger partial charge in [0.15, 0.2) is 0 Å². The normalized spacial score (nSPS) is 23.0. The zero-order chi connectivity index (χ0) is 17.0. The Bertz CT molecular complexity index is 547. The Hall–Kier alpha value is -1.53. The van der Waals surface area contributed by atoms with Gasteiger partial charge in [0.1, 0.15) is 11.6 Å². The molecule has 0 aromatic heterocycles. The van der Waals surface area contributed by atoms with Crippen LogP contribution in [0.25, 0.3) is 0 Å². The summed E-state index contributed by atoms with van der Waals surface area (Å²) in [6, 6.07) is 3.45. The van der Waals surface area contributed by atoms with Crippen molar-refractivity contribution >= 4 is 5.91 Å². The number of nitrogens with zero attached hydrogens (tertiary/aromatic N) is 1. The highest BCUT2D eigenvalue weighted by atomic mass is 19.1. The van der Waals surface area contributed by atoms with Gasteiger partial charge in [-0.25, -0.2) is 8.78 Å². The van der Waals surface area contributed by atoms with Crippen LogP contribution >= 0.6 is 0 Å². The summed E-state index contributed by atoms with van der Waals surface area (Å²) in [5, 5.41) is 2.81. The van der Waals surface area contributed by atoms with Crippen molar-refractivity contribution in [3.63, 3.8) is 0 Å². The fourth-order valence-electron chi connectivity index (χ4n) is 3.04. The molecule has 6 heteroatoms. The minimum absolute atomic E-state index is 0.0113. The lowest BCUT2D eigenvalue weighted by Crippen LogP contribution is -2.42. The summed E-state index contributed by atoms with van der Waals surface area (Å²) in [7, 11) is 0. The highest BCUT2D eigenvalue weighted by Gasteiger charge is 2.33. The number of nitrogens with two attached hydrogens (primary N) is 1. The van der Waals surface area contributed by atoms with E-state index < -0.39 is 11.6 Å². The molecule has 1 aliphatic heterocycles. The topological polar surface area (TPSA) is 58.4 Å². The van der Waals surface area contributed by atoms with Gasteiger partial charge in [0, 0.05) is 18.2 Å². The lowest BCUT2D eigenvalue weighted by atomic mass is 9.90. The molecule has 128 valence electrons. The summed E-state index contributed by atoms with van der Waals surface area (Å²) in [4.78, 5) is 14.2. The van der Waals surface area contributed by atoms with Gasteiger partial charge in [-0.05, 0) is 50.4 Å². The van der Waals surface area contributed by atoms with E-state index in [1.165, 1.54) is 18.2 Å². The van der Waals surface area contributed by atoms with Crippen molar-refractivity contribution in [1.82, 2.24) is 10.2 Å². The van der Waals surface area contributed by atoms with E-state index in [-0.39, 0.29) is 29.3 Å². The second-order valence-electron chi connectivity index (χ2n) is 6.85. The first-order valence-electron chi connectivity index (χ1n) is 7.98. The molecule has 3 N–H and O–H groups in total. The number of benzene rings is 1. The number of amides is 1. The standard InChI is InChI=1S/C17H25F2N3O/c1-12(8-13-14(18)4-3-5-15(13)19)21-16(23)9-22-7-6-17(2,10-20)11-22/h3-5,12H,6-11,20H2,1-2H3,(H,21,23). The minimum atomic E-state index is -0.579. The SMILES string of the molecule is CC(Cc1c(F)cccc1F)NC(=O)CN1CCC(C)(CN)C1. The summed E-state index contributed by atoms with van der Waals surface area (Å²) in [6.07, 6.45) is 1.11. The fourth-order valence-corrected chi connectivity index (χ4v) is 3.04. The minimum Gasteiger partial charge on any atom is -0.352 e. The number of nitrogens with one attached hydrogen (secondary N) is 1. The Morgan fingerprint density at radius 1 is 1.43 bits per heavy atom. The predicted octanol–water partition coefficient (Wildman–Crippen LogP) is 1.68. The number of halogens is 2. The Labute approximate surface area is 136 Å². The lowest BCUT2D eigenvalue weighted by Gasteiger charge is -2.23. The number of likely N-dealkylation sites (tertiary alicyclic amines) is 1. The molecule has 0 saturated carbocycles. The average molecular weight is 325 g/mol. The monoisotopic (exact) mass is 325 g/mol. The van der Waals surface area contributed by atoms with Crippen molar-refractivity contribution in [3.05, 3.63) is 35.4 Å². The van der Waals surface area contributed by atoms with Crippen molar-refractivity contribution in [3.8, 4) is 0 Å². The van der Waals surface area contributed by atoms with Gasteiger partial charge in [0.25, 0.3) is 0 Å². The summed E-state index contributed by atoms with van der Waals surface area (Å²) in [6.45, 7) is 6.41. The summed E-state index contributed by atoms with van der Waals surface area (Å²) in [5.41, 5.74) is 5.84. The van der Waals surface area contributed by atoms with Gasteiger partial charge >= 0.3 is 0 Å². The molecule has 0 radical (unpaired) electrons. The van der Waals surface area contributed by atoms with Crippen LogP contribution in [0.1, 0.15) is 25.8 Å². The molecule has 0 aliphatic carbocycles. The second kappa shape index (κ2) is 7.36. The molecule has 1 heterocycles. The molecule has 1 fully saturated rings. The maximum atomic E-state index is 13.6. The molecule has 2 atom stereocenters. The van der Waals surface area contributed by atoms with Gasteiger partial charge in [0.2, 0.25) is 5.91 Å². The van der Waals surface area contributed by atoms with Crippen LogP contribution in [0.5, 0.6) is 0 Å².